The molecule has 0 saturated carbocycles. The van der Waals surface area contributed by atoms with E-state index in [1.54, 1.807) is 24.0 Å². The lowest BCUT2D eigenvalue weighted by atomic mass is 10.1. The molecule has 0 spiro atoms. The summed E-state index contributed by atoms with van der Waals surface area (Å²) in [7, 11) is 0. The lowest BCUT2D eigenvalue weighted by Gasteiger charge is -2.34. The van der Waals surface area contributed by atoms with Crippen LogP contribution in [0.25, 0.3) is 0 Å². The molecule has 1 saturated heterocycles. The highest BCUT2D eigenvalue weighted by Crippen LogP contribution is 2.23. The van der Waals surface area contributed by atoms with Crippen LogP contribution >= 0.6 is 11.5 Å². The molecule has 0 unspecified atom stereocenters. The molecule has 160 valence electrons. The number of amides is 1. The molecule has 0 aliphatic carbocycles. The third kappa shape index (κ3) is 4.72. The van der Waals surface area contributed by atoms with Crippen LogP contribution in [-0.4, -0.2) is 51.3 Å². The van der Waals surface area contributed by atoms with Gasteiger partial charge in [-0.05, 0) is 25.5 Å². The zero-order valence-corrected chi connectivity index (χ0v) is 18.3. The third-order valence-electron chi connectivity index (χ3n) is 5.43. The number of benzene rings is 2. The number of aromatic nitrogens is 2. The fraction of sp³-hybridized carbons (Fsp3) is 0.318. The van der Waals surface area contributed by atoms with Gasteiger partial charge < -0.3 is 9.80 Å². The first kappa shape index (κ1) is 20.9. The van der Waals surface area contributed by atoms with Gasteiger partial charge in [-0.1, -0.05) is 35.9 Å². The van der Waals surface area contributed by atoms with E-state index < -0.39 is 4.92 Å². The molecule has 1 amide bonds. The van der Waals surface area contributed by atoms with Gasteiger partial charge in [0.15, 0.2) is 0 Å². The monoisotopic (exact) mass is 437 g/mol. The van der Waals surface area contributed by atoms with Crippen molar-refractivity contribution >= 4 is 28.3 Å². The van der Waals surface area contributed by atoms with E-state index in [1.807, 2.05) is 0 Å². The fourth-order valence-electron chi connectivity index (χ4n) is 3.56. The molecule has 2 heterocycles. The van der Waals surface area contributed by atoms with Crippen molar-refractivity contribution in [1.82, 2.24) is 14.3 Å². The number of rotatable bonds is 5. The van der Waals surface area contributed by atoms with Crippen LogP contribution in [0, 0.1) is 24.0 Å². The van der Waals surface area contributed by atoms with Gasteiger partial charge in [0.05, 0.1) is 4.92 Å². The van der Waals surface area contributed by atoms with Gasteiger partial charge in [0.2, 0.25) is 5.13 Å². The Bertz CT molecular complexity index is 1100. The molecule has 8 nitrogen and oxygen atoms in total. The van der Waals surface area contributed by atoms with Crippen molar-refractivity contribution in [2.75, 3.05) is 31.1 Å². The van der Waals surface area contributed by atoms with Crippen LogP contribution < -0.4 is 4.90 Å². The van der Waals surface area contributed by atoms with Crippen molar-refractivity contribution < 1.29 is 9.72 Å². The Balaban J connectivity index is 1.37. The Hall–Kier alpha value is -3.33. The number of carbonyl (C=O) groups is 1. The van der Waals surface area contributed by atoms with Crippen molar-refractivity contribution in [3.63, 3.8) is 0 Å². The topological polar surface area (TPSA) is 92.5 Å². The number of nitrogens with zero attached hydrogens (tertiary/aromatic N) is 5. The summed E-state index contributed by atoms with van der Waals surface area (Å²) in [6.45, 7) is 6.10. The van der Waals surface area contributed by atoms with Crippen LogP contribution in [0.3, 0.4) is 0 Å². The number of nitro benzene ring substituents is 1. The Morgan fingerprint density at radius 1 is 1.10 bits per heavy atom. The maximum absolute atomic E-state index is 12.8. The molecular weight excluding hydrogens is 414 g/mol. The van der Waals surface area contributed by atoms with Gasteiger partial charge in [-0.2, -0.15) is 4.37 Å². The summed E-state index contributed by atoms with van der Waals surface area (Å²) >= 11 is 1.38. The second-order valence-electron chi connectivity index (χ2n) is 7.69. The molecule has 1 aliphatic heterocycles. The predicted octanol–water partition coefficient (Wildman–Crippen LogP) is 3.62. The smallest absolute Gasteiger partial charge is 0.273 e. The number of hydrogen-bond donors (Lipinski definition) is 0. The minimum absolute atomic E-state index is 0.0283. The van der Waals surface area contributed by atoms with Crippen LogP contribution in [0.5, 0.6) is 0 Å². The molecule has 31 heavy (non-hydrogen) atoms. The maximum atomic E-state index is 12.8. The van der Waals surface area contributed by atoms with E-state index in [9.17, 15) is 14.9 Å². The van der Waals surface area contributed by atoms with Crippen molar-refractivity contribution in [1.29, 1.82) is 0 Å². The Morgan fingerprint density at radius 3 is 2.48 bits per heavy atom. The van der Waals surface area contributed by atoms with Crippen LogP contribution in [0.1, 0.15) is 32.9 Å². The van der Waals surface area contributed by atoms with Gasteiger partial charge >= 0.3 is 0 Å². The molecule has 9 heteroatoms. The van der Waals surface area contributed by atoms with E-state index >= 15 is 0 Å². The summed E-state index contributed by atoms with van der Waals surface area (Å²) in [5.74, 6) is 0.620. The van der Waals surface area contributed by atoms with Gasteiger partial charge in [0.25, 0.3) is 11.6 Å². The normalized spacial score (nSPS) is 14.0. The largest absolute Gasteiger partial charge is 0.343 e. The average Bonchev–Trinajstić information content (AvgIpc) is 3.23. The van der Waals surface area contributed by atoms with Crippen LogP contribution in [0.4, 0.5) is 10.8 Å². The number of hydrogen-bond acceptors (Lipinski definition) is 7. The molecule has 1 aliphatic rings. The standard InChI is InChI=1S/C22H23N5O3S/c1-15-3-6-17(7-4-15)13-20-23-22(31-24-20)26-11-9-25(10-12-26)21(28)18-8-5-16(2)19(14-18)27(29)30/h3-8,14H,9-13H2,1-2H3. The molecule has 4 rings (SSSR count). The zero-order valence-electron chi connectivity index (χ0n) is 17.4. The summed E-state index contributed by atoms with van der Waals surface area (Å²) in [4.78, 5) is 32.1. The minimum Gasteiger partial charge on any atom is -0.343 e. The van der Waals surface area contributed by atoms with Crippen molar-refractivity contribution in [2.24, 2.45) is 0 Å². The van der Waals surface area contributed by atoms with Crippen molar-refractivity contribution in [3.05, 3.63) is 80.7 Å². The first-order chi connectivity index (χ1) is 14.9. The van der Waals surface area contributed by atoms with Gasteiger partial charge in [-0.3, -0.25) is 14.9 Å². The van der Waals surface area contributed by atoms with E-state index in [1.165, 1.54) is 28.7 Å². The highest BCUT2D eigenvalue weighted by molar-refractivity contribution is 7.09. The van der Waals surface area contributed by atoms with Gasteiger partial charge in [-0.25, -0.2) is 4.98 Å². The summed E-state index contributed by atoms with van der Waals surface area (Å²) in [6, 6.07) is 13.0. The second-order valence-corrected chi connectivity index (χ2v) is 8.42. The molecule has 1 aromatic heterocycles. The first-order valence-corrected chi connectivity index (χ1v) is 10.9. The SMILES string of the molecule is Cc1ccc(Cc2nsc(N3CCN(C(=O)c4ccc(C)c([N+](=O)[O-])c4)CC3)n2)cc1. The van der Waals surface area contributed by atoms with Crippen LogP contribution in [0.15, 0.2) is 42.5 Å². The van der Waals surface area contributed by atoms with E-state index in [4.69, 9.17) is 0 Å². The maximum Gasteiger partial charge on any atom is 0.273 e. The molecule has 0 atom stereocenters. The van der Waals surface area contributed by atoms with Crippen LogP contribution in [0.2, 0.25) is 0 Å². The average molecular weight is 438 g/mol. The van der Waals surface area contributed by atoms with Crippen LogP contribution in [-0.2, 0) is 6.42 Å². The Labute approximate surface area is 184 Å². The van der Waals surface area contributed by atoms with Crippen molar-refractivity contribution in [2.45, 2.75) is 20.3 Å². The third-order valence-corrected chi connectivity index (χ3v) is 6.25. The second kappa shape index (κ2) is 8.81. The van der Waals surface area contributed by atoms with E-state index in [-0.39, 0.29) is 11.6 Å². The molecule has 1 fully saturated rings. The zero-order chi connectivity index (χ0) is 22.0. The number of aryl methyl sites for hydroxylation is 2. The molecule has 3 aromatic rings. The first-order valence-electron chi connectivity index (χ1n) is 10.1. The van der Waals surface area contributed by atoms with E-state index in [0.717, 1.165) is 11.0 Å². The number of piperazine rings is 1. The summed E-state index contributed by atoms with van der Waals surface area (Å²) in [5, 5.41) is 12.0. The highest BCUT2D eigenvalue weighted by atomic mass is 32.1. The quantitative estimate of drug-likeness (QED) is 0.447. The summed E-state index contributed by atoms with van der Waals surface area (Å²) in [5.41, 5.74) is 3.27. The molecular formula is C22H23N5O3S. The number of nitro groups is 1. The summed E-state index contributed by atoms with van der Waals surface area (Å²) < 4.78 is 4.49. The number of anilines is 1. The van der Waals surface area contributed by atoms with Gasteiger partial charge in [0, 0.05) is 61.3 Å². The lowest BCUT2D eigenvalue weighted by molar-refractivity contribution is -0.385. The van der Waals surface area contributed by atoms with E-state index in [2.05, 4.69) is 45.4 Å². The molecule has 0 bridgehead atoms. The lowest BCUT2D eigenvalue weighted by Crippen LogP contribution is -2.48. The van der Waals surface area contributed by atoms with Gasteiger partial charge in [-0.15, -0.1) is 0 Å². The van der Waals surface area contributed by atoms with Crippen molar-refractivity contribution in [3.8, 4) is 0 Å². The van der Waals surface area contributed by atoms with Gasteiger partial charge in [0.1, 0.15) is 5.82 Å². The predicted molar refractivity (Wildman–Crippen MR) is 120 cm³/mol. The highest BCUT2D eigenvalue weighted by Gasteiger charge is 2.25. The minimum atomic E-state index is -0.451. The molecule has 0 N–H and O–H groups in total. The fourth-order valence-corrected chi connectivity index (χ4v) is 4.29. The number of carbonyl (C=O) groups excluding carboxylic acids is 1. The Morgan fingerprint density at radius 2 is 1.81 bits per heavy atom. The Kier molecular flexibility index (Phi) is 5.94. The van der Waals surface area contributed by atoms with E-state index in [0.29, 0.717) is 43.7 Å². The molecule has 0 radical (unpaired) electrons. The molecule has 2 aromatic carbocycles. The summed E-state index contributed by atoms with van der Waals surface area (Å²) in [6.07, 6.45) is 0.696.